The van der Waals surface area contributed by atoms with Crippen molar-refractivity contribution in [1.82, 2.24) is 29.5 Å². The van der Waals surface area contributed by atoms with E-state index in [1.807, 2.05) is 42.3 Å². The Balaban J connectivity index is 1.39. The summed E-state index contributed by atoms with van der Waals surface area (Å²) in [6.07, 6.45) is 2.68. The van der Waals surface area contributed by atoms with Gasteiger partial charge in [0, 0.05) is 44.2 Å². The average molecular weight is 392 g/mol. The van der Waals surface area contributed by atoms with E-state index in [1.54, 1.807) is 6.20 Å². The number of hydrogen-bond donors (Lipinski definition) is 1. The van der Waals surface area contributed by atoms with E-state index in [-0.39, 0.29) is 18.1 Å². The second-order valence-electron chi connectivity index (χ2n) is 7.89. The van der Waals surface area contributed by atoms with E-state index in [4.69, 9.17) is 0 Å². The Morgan fingerprint density at radius 3 is 2.83 bits per heavy atom. The highest BCUT2D eigenvalue weighted by atomic mass is 16.3. The lowest BCUT2D eigenvalue weighted by atomic mass is 10.1. The molecule has 5 rings (SSSR count). The molecule has 29 heavy (non-hydrogen) atoms. The fraction of sp³-hybridized carbons (Fsp3) is 0.429. The molecule has 0 bridgehead atoms. The number of fused-ring (bicyclic) bond motifs is 2. The number of aromatic nitrogens is 4. The molecule has 0 aliphatic carbocycles. The van der Waals surface area contributed by atoms with Gasteiger partial charge in [0.2, 0.25) is 0 Å². The van der Waals surface area contributed by atoms with Crippen LogP contribution in [0.4, 0.5) is 0 Å². The zero-order valence-corrected chi connectivity index (χ0v) is 16.4. The monoisotopic (exact) mass is 392 g/mol. The predicted molar refractivity (Wildman–Crippen MR) is 107 cm³/mol. The Labute approximate surface area is 168 Å². The maximum absolute atomic E-state index is 13.3. The smallest absolute Gasteiger partial charge is 0.273 e. The van der Waals surface area contributed by atoms with Crippen LogP contribution < -0.4 is 0 Å². The molecule has 2 aromatic heterocycles. The van der Waals surface area contributed by atoms with Crippen molar-refractivity contribution in [3.8, 4) is 0 Å². The lowest BCUT2D eigenvalue weighted by Gasteiger charge is -2.21. The van der Waals surface area contributed by atoms with Crippen molar-refractivity contribution in [2.24, 2.45) is 0 Å². The Hall–Kier alpha value is -2.84. The molecule has 0 spiro atoms. The first kappa shape index (κ1) is 18.2. The Morgan fingerprint density at radius 2 is 2.00 bits per heavy atom. The molecular weight excluding hydrogens is 368 g/mol. The number of likely N-dealkylation sites (N-methyl/N-ethyl adjacent to an activating group) is 1. The van der Waals surface area contributed by atoms with Crippen LogP contribution in [0.25, 0.3) is 10.8 Å². The van der Waals surface area contributed by atoms with Gasteiger partial charge in [-0.3, -0.25) is 14.7 Å². The maximum Gasteiger partial charge on any atom is 0.273 e. The van der Waals surface area contributed by atoms with Crippen LogP contribution in [-0.2, 0) is 13.0 Å². The van der Waals surface area contributed by atoms with Crippen molar-refractivity contribution >= 4 is 16.7 Å². The van der Waals surface area contributed by atoms with E-state index in [1.165, 1.54) is 0 Å². The van der Waals surface area contributed by atoms with Gasteiger partial charge in [-0.25, -0.2) is 0 Å². The minimum absolute atomic E-state index is 0.0459. The second kappa shape index (κ2) is 7.20. The molecule has 0 saturated carbocycles. The van der Waals surface area contributed by atoms with Gasteiger partial charge in [-0.05, 0) is 24.9 Å². The molecule has 150 valence electrons. The fourth-order valence-electron chi connectivity index (χ4n) is 4.51. The normalized spacial score (nSPS) is 22.6. The number of hydrogen-bond acceptors (Lipinski definition) is 6. The standard InChI is InChI=1S/C21H24N6O2/c1-25-13-15(28)12-17(25)20-24-23-18-7-9-26(10-11-27(18)20)21(29)19-16-5-3-2-4-14(16)6-8-22-19/h2-6,8,15,17,28H,7,9-13H2,1H3/t15-,17+/m1/s1. The zero-order chi connectivity index (χ0) is 20.0. The largest absolute Gasteiger partial charge is 0.392 e. The highest BCUT2D eigenvalue weighted by Gasteiger charge is 2.34. The van der Waals surface area contributed by atoms with Crippen LogP contribution in [0.15, 0.2) is 36.5 Å². The number of aliphatic hydroxyl groups is 1. The summed E-state index contributed by atoms with van der Waals surface area (Å²) in [5.41, 5.74) is 0.500. The van der Waals surface area contributed by atoms with Crippen LogP contribution in [0.2, 0.25) is 0 Å². The number of benzene rings is 1. The zero-order valence-electron chi connectivity index (χ0n) is 16.4. The summed E-state index contributed by atoms with van der Waals surface area (Å²) >= 11 is 0. The Morgan fingerprint density at radius 1 is 1.14 bits per heavy atom. The van der Waals surface area contributed by atoms with E-state index >= 15 is 0 Å². The van der Waals surface area contributed by atoms with Gasteiger partial charge in [-0.1, -0.05) is 24.3 Å². The molecule has 1 saturated heterocycles. The van der Waals surface area contributed by atoms with E-state index < -0.39 is 0 Å². The quantitative estimate of drug-likeness (QED) is 0.707. The summed E-state index contributed by atoms with van der Waals surface area (Å²) in [4.78, 5) is 21.6. The van der Waals surface area contributed by atoms with E-state index in [2.05, 4.69) is 24.6 Å². The molecule has 0 radical (unpaired) electrons. The number of likely N-dealkylation sites (tertiary alicyclic amines) is 1. The lowest BCUT2D eigenvalue weighted by molar-refractivity contribution is 0.0754. The second-order valence-corrected chi connectivity index (χ2v) is 7.89. The van der Waals surface area contributed by atoms with Crippen LogP contribution in [0.5, 0.6) is 0 Å². The van der Waals surface area contributed by atoms with Crippen LogP contribution in [-0.4, -0.2) is 73.3 Å². The van der Waals surface area contributed by atoms with Crippen LogP contribution in [0, 0.1) is 0 Å². The first-order valence-electron chi connectivity index (χ1n) is 10.0. The first-order valence-corrected chi connectivity index (χ1v) is 10.0. The van der Waals surface area contributed by atoms with Gasteiger partial charge in [-0.2, -0.15) is 0 Å². The van der Waals surface area contributed by atoms with Gasteiger partial charge in [0.25, 0.3) is 5.91 Å². The number of pyridine rings is 1. The highest BCUT2D eigenvalue weighted by Crippen LogP contribution is 2.30. The van der Waals surface area contributed by atoms with Gasteiger partial charge >= 0.3 is 0 Å². The summed E-state index contributed by atoms with van der Waals surface area (Å²) in [7, 11) is 2.00. The molecule has 2 atom stereocenters. The number of nitrogens with zero attached hydrogens (tertiary/aromatic N) is 6. The van der Waals surface area contributed by atoms with Gasteiger partial charge in [0.15, 0.2) is 5.82 Å². The van der Waals surface area contributed by atoms with Crippen LogP contribution in [0.3, 0.4) is 0 Å². The van der Waals surface area contributed by atoms with E-state index in [0.717, 1.165) is 22.4 Å². The molecule has 8 nitrogen and oxygen atoms in total. The van der Waals surface area contributed by atoms with Gasteiger partial charge in [-0.15, -0.1) is 10.2 Å². The molecule has 1 N–H and O–H groups in total. The molecule has 1 amide bonds. The topological polar surface area (TPSA) is 87.4 Å². The van der Waals surface area contributed by atoms with Crippen molar-refractivity contribution in [2.75, 3.05) is 26.7 Å². The molecular formula is C21H24N6O2. The number of aliphatic hydroxyl groups excluding tert-OH is 1. The minimum atomic E-state index is -0.334. The minimum Gasteiger partial charge on any atom is -0.392 e. The lowest BCUT2D eigenvalue weighted by Crippen LogP contribution is -2.34. The van der Waals surface area contributed by atoms with Crippen molar-refractivity contribution in [3.05, 3.63) is 53.9 Å². The number of carbonyl (C=O) groups is 1. The van der Waals surface area contributed by atoms with Crippen molar-refractivity contribution in [3.63, 3.8) is 0 Å². The SMILES string of the molecule is CN1C[C@H](O)C[C@H]1c1nnc2n1CCN(C(=O)c1nccc3ccccc13)CC2. The van der Waals surface area contributed by atoms with E-state index in [9.17, 15) is 9.90 Å². The van der Waals surface area contributed by atoms with Crippen molar-refractivity contribution < 1.29 is 9.90 Å². The number of rotatable bonds is 2. The molecule has 0 unspecified atom stereocenters. The molecule has 1 aromatic carbocycles. The Bertz CT molecular complexity index is 1060. The van der Waals surface area contributed by atoms with Crippen molar-refractivity contribution in [1.29, 1.82) is 0 Å². The van der Waals surface area contributed by atoms with Gasteiger partial charge in [0.05, 0.1) is 12.1 Å². The molecule has 2 aliphatic heterocycles. The summed E-state index contributed by atoms with van der Waals surface area (Å²) in [6.45, 7) is 2.46. The number of carbonyl (C=O) groups excluding carboxylic acids is 1. The third-order valence-electron chi connectivity index (χ3n) is 6.04. The molecule has 1 fully saturated rings. The first-order chi connectivity index (χ1) is 14.1. The van der Waals surface area contributed by atoms with Crippen LogP contribution >= 0.6 is 0 Å². The fourth-order valence-corrected chi connectivity index (χ4v) is 4.51. The summed E-state index contributed by atoms with van der Waals surface area (Å²) < 4.78 is 2.13. The third-order valence-corrected chi connectivity index (χ3v) is 6.04. The Kier molecular flexibility index (Phi) is 4.52. The average Bonchev–Trinajstić information content (AvgIpc) is 3.21. The third kappa shape index (κ3) is 3.18. The predicted octanol–water partition coefficient (Wildman–Crippen LogP) is 1.26. The molecule has 4 heterocycles. The molecule has 8 heteroatoms. The maximum atomic E-state index is 13.3. The summed E-state index contributed by atoms with van der Waals surface area (Å²) in [6, 6.07) is 9.83. The van der Waals surface area contributed by atoms with Gasteiger partial charge in [0.1, 0.15) is 11.5 Å². The molecule has 2 aliphatic rings. The van der Waals surface area contributed by atoms with Crippen molar-refractivity contribution in [2.45, 2.75) is 31.5 Å². The van der Waals surface area contributed by atoms with Gasteiger partial charge < -0.3 is 14.6 Å². The molecule has 3 aromatic rings. The number of amides is 1. The van der Waals surface area contributed by atoms with Crippen LogP contribution in [0.1, 0.15) is 34.6 Å². The number of β-amino-alcohol motifs (C(OH)–C–C–N with tert-alkyl or cyclic N) is 1. The summed E-state index contributed by atoms with van der Waals surface area (Å²) in [5, 5.41) is 20.7. The highest BCUT2D eigenvalue weighted by molar-refractivity contribution is 6.05. The summed E-state index contributed by atoms with van der Waals surface area (Å²) in [5.74, 6) is 1.74. The van der Waals surface area contributed by atoms with E-state index in [0.29, 0.717) is 44.7 Å².